The van der Waals surface area contributed by atoms with Gasteiger partial charge in [0.1, 0.15) is 11.3 Å². The number of piperidine rings is 1. The highest BCUT2D eigenvalue weighted by Crippen LogP contribution is 2.33. The van der Waals surface area contributed by atoms with Gasteiger partial charge in [0.25, 0.3) is 5.91 Å². The minimum Gasteiger partial charge on any atom is -0.489 e. The lowest BCUT2D eigenvalue weighted by molar-refractivity contribution is -0.126. The summed E-state index contributed by atoms with van der Waals surface area (Å²) >= 11 is 6.41. The second-order valence-electron chi connectivity index (χ2n) is 7.36. The number of rotatable bonds is 5. The number of benzene rings is 1. The van der Waals surface area contributed by atoms with Crippen molar-refractivity contribution in [2.45, 2.75) is 50.2 Å². The fourth-order valence-electron chi connectivity index (χ4n) is 4.03. The number of aromatic nitrogens is 2. The topological polar surface area (TPSA) is 68.2 Å². The average molecular weight is 389 g/mol. The van der Waals surface area contributed by atoms with E-state index in [9.17, 15) is 4.79 Å². The average Bonchev–Trinajstić information content (AvgIpc) is 3.38. The SMILES string of the molecule is O=C(Nc1ccc(OC2CCCC2)c(Cl)c1)C1(n2cccn2)CCNCC1. The highest BCUT2D eigenvalue weighted by Gasteiger charge is 2.42. The van der Waals surface area contributed by atoms with Gasteiger partial charge in [-0.15, -0.1) is 0 Å². The molecule has 1 aliphatic carbocycles. The first-order valence-corrected chi connectivity index (χ1v) is 10.0. The number of halogens is 1. The molecule has 2 heterocycles. The molecule has 7 heteroatoms. The van der Waals surface area contributed by atoms with Crippen LogP contribution in [0.2, 0.25) is 5.02 Å². The van der Waals surface area contributed by atoms with E-state index in [0.717, 1.165) is 25.9 Å². The summed E-state index contributed by atoms with van der Waals surface area (Å²) in [6.07, 6.45) is 9.78. The summed E-state index contributed by atoms with van der Waals surface area (Å²) in [6.45, 7) is 1.56. The molecule has 2 N–H and O–H groups in total. The van der Waals surface area contributed by atoms with E-state index in [1.165, 1.54) is 12.8 Å². The molecule has 144 valence electrons. The standard InChI is InChI=1S/C20H25ClN4O2/c21-17-14-15(6-7-18(17)27-16-4-1-2-5-16)24-19(26)20(8-11-22-12-9-20)25-13-3-10-23-25/h3,6-7,10,13-14,16,22H,1-2,4-5,8-9,11-12H2,(H,24,26). The molecule has 1 saturated heterocycles. The molecule has 1 aliphatic heterocycles. The van der Waals surface area contributed by atoms with Gasteiger partial charge < -0.3 is 15.4 Å². The lowest BCUT2D eigenvalue weighted by atomic mass is 9.87. The van der Waals surface area contributed by atoms with Crippen molar-refractivity contribution in [3.05, 3.63) is 41.7 Å². The Bertz CT molecular complexity index is 781. The maximum absolute atomic E-state index is 13.2. The summed E-state index contributed by atoms with van der Waals surface area (Å²) in [5.74, 6) is 0.624. The quantitative estimate of drug-likeness (QED) is 0.821. The van der Waals surface area contributed by atoms with Crippen LogP contribution in [-0.2, 0) is 10.3 Å². The van der Waals surface area contributed by atoms with Crippen molar-refractivity contribution in [1.29, 1.82) is 0 Å². The molecule has 6 nitrogen and oxygen atoms in total. The molecule has 2 aliphatic rings. The van der Waals surface area contributed by atoms with Gasteiger partial charge in [-0.25, -0.2) is 0 Å². The zero-order chi connectivity index (χ0) is 18.7. The summed E-state index contributed by atoms with van der Waals surface area (Å²) in [5, 5.41) is 11.2. The first kappa shape index (κ1) is 18.3. The van der Waals surface area contributed by atoms with Crippen LogP contribution < -0.4 is 15.4 Å². The van der Waals surface area contributed by atoms with Crippen molar-refractivity contribution in [2.75, 3.05) is 18.4 Å². The second kappa shape index (κ2) is 7.90. The lowest BCUT2D eigenvalue weighted by Crippen LogP contribution is -2.52. The Morgan fingerprint density at radius 3 is 2.74 bits per heavy atom. The second-order valence-corrected chi connectivity index (χ2v) is 7.76. The highest BCUT2D eigenvalue weighted by molar-refractivity contribution is 6.32. The normalized spacial score (nSPS) is 19.7. The van der Waals surface area contributed by atoms with Gasteiger partial charge in [-0.05, 0) is 75.9 Å². The molecule has 0 atom stereocenters. The largest absolute Gasteiger partial charge is 0.489 e. The van der Waals surface area contributed by atoms with Gasteiger partial charge in [0.05, 0.1) is 11.1 Å². The van der Waals surface area contributed by atoms with Gasteiger partial charge in [-0.1, -0.05) is 11.6 Å². The molecular formula is C20H25ClN4O2. The fourth-order valence-corrected chi connectivity index (χ4v) is 4.26. The maximum atomic E-state index is 13.2. The van der Waals surface area contributed by atoms with E-state index in [4.69, 9.17) is 16.3 Å². The van der Waals surface area contributed by atoms with Crippen molar-refractivity contribution >= 4 is 23.2 Å². The van der Waals surface area contributed by atoms with E-state index in [1.54, 1.807) is 16.9 Å². The Morgan fingerprint density at radius 2 is 2.07 bits per heavy atom. The van der Waals surface area contributed by atoms with Gasteiger partial charge in [-0.2, -0.15) is 5.10 Å². The first-order valence-electron chi connectivity index (χ1n) is 9.66. The molecule has 1 amide bonds. The molecule has 27 heavy (non-hydrogen) atoms. The number of hydrogen-bond acceptors (Lipinski definition) is 4. The molecule has 0 bridgehead atoms. The van der Waals surface area contributed by atoms with Crippen LogP contribution >= 0.6 is 11.6 Å². The van der Waals surface area contributed by atoms with Crippen molar-refractivity contribution in [2.24, 2.45) is 0 Å². The number of amides is 1. The molecule has 2 fully saturated rings. The minimum absolute atomic E-state index is 0.0618. The Labute approximate surface area is 164 Å². The first-order chi connectivity index (χ1) is 13.2. The Hall–Kier alpha value is -2.05. The van der Waals surface area contributed by atoms with Gasteiger partial charge in [0.15, 0.2) is 0 Å². The third-order valence-corrected chi connectivity index (χ3v) is 5.88. The number of anilines is 1. The third kappa shape index (κ3) is 3.82. The van der Waals surface area contributed by atoms with Crippen LogP contribution in [0.25, 0.3) is 0 Å². The summed E-state index contributed by atoms with van der Waals surface area (Å²) in [5.41, 5.74) is -0.00546. The van der Waals surface area contributed by atoms with Gasteiger partial charge in [0, 0.05) is 18.1 Å². The number of ether oxygens (including phenoxy) is 1. The predicted molar refractivity (Wildman–Crippen MR) is 105 cm³/mol. The van der Waals surface area contributed by atoms with Crippen LogP contribution in [0, 0.1) is 0 Å². The van der Waals surface area contributed by atoms with Crippen LogP contribution in [0.4, 0.5) is 5.69 Å². The van der Waals surface area contributed by atoms with Crippen molar-refractivity contribution in [3.8, 4) is 5.75 Å². The van der Waals surface area contributed by atoms with E-state index >= 15 is 0 Å². The number of nitrogens with one attached hydrogen (secondary N) is 2. The lowest BCUT2D eigenvalue weighted by Gasteiger charge is -2.36. The Morgan fingerprint density at radius 1 is 1.30 bits per heavy atom. The van der Waals surface area contributed by atoms with Crippen LogP contribution in [0.5, 0.6) is 5.75 Å². The van der Waals surface area contributed by atoms with Gasteiger partial charge in [-0.3, -0.25) is 9.48 Å². The van der Waals surface area contributed by atoms with Gasteiger partial charge in [0.2, 0.25) is 0 Å². The van der Waals surface area contributed by atoms with Crippen LogP contribution in [-0.4, -0.2) is 34.9 Å². The molecule has 1 saturated carbocycles. The molecule has 0 unspecified atom stereocenters. The molecule has 0 spiro atoms. The van der Waals surface area contributed by atoms with Gasteiger partial charge >= 0.3 is 0 Å². The van der Waals surface area contributed by atoms with E-state index in [1.807, 2.05) is 24.4 Å². The summed E-state index contributed by atoms with van der Waals surface area (Å²) in [6, 6.07) is 7.32. The Balaban J connectivity index is 1.50. The zero-order valence-electron chi connectivity index (χ0n) is 15.3. The van der Waals surface area contributed by atoms with Crippen LogP contribution in [0.1, 0.15) is 38.5 Å². The molecular weight excluding hydrogens is 364 g/mol. The van der Waals surface area contributed by atoms with Crippen molar-refractivity contribution in [1.82, 2.24) is 15.1 Å². The third-order valence-electron chi connectivity index (χ3n) is 5.58. The van der Waals surface area contributed by atoms with Crippen molar-refractivity contribution in [3.63, 3.8) is 0 Å². The molecule has 0 radical (unpaired) electrons. The molecule has 4 rings (SSSR count). The van der Waals surface area contributed by atoms with E-state index in [0.29, 0.717) is 29.3 Å². The zero-order valence-corrected chi connectivity index (χ0v) is 16.0. The highest BCUT2D eigenvalue weighted by atomic mass is 35.5. The minimum atomic E-state index is -0.680. The van der Waals surface area contributed by atoms with E-state index < -0.39 is 5.54 Å². The smallest absolute Gasteiger partial charge is 0.252 e. The van der Waals surface area contributed by atoms with Crippen LogP contribution in [0.3, 0.4) is 0 Å². The fraction of sp³-hybridized carbons (Fsp3) is 0.500. The predicted octanol–water partition coefficient (Wildman–Crippen LogP) is 3.58. The monoisotopic (exact) mass is 388 g/mol. The van der Waals surface area contributed by atoms with Crippen molar-refractivity contribution < 1.29 is 9.53 Å². The number of nitrogens with zero attached hydrogens (tertiary/aromatic N) is 2. The van der Waals surface area contributed by atoms with Crippen LogP contribution in [0.15, 0.2) is 36.7 Å². The van der Waals surface area contributed by atoms with E-state index in [-0.39, 0.29) is 12.0 Å². The summed E-state index contributed by atoms with van der Waals surface area (Å²) in [4.78, 5) is 13.2. The number of carbonyl (C=O) groups is 1. The summed E-state index contributed by atoms with van der Waals surface area (Å²) in [7, 11) is 0. The maximum Gasteiger partial charge on any atom is 0.252 e. The number of carbonyl (C=O) groups excluding carboxylic acids is 1. The summed E-state index contributed by atoms with van der Waals surface area (Å²) < 4.78 is 7.77. The number of hydrogen-bond donors (Lipinski definition) is 2. The molecule has 1 aromatic heterocycles. The molecule has 2 aromatic rings. The van der Waals surface area contributed by atoms with E-state index in [2.05, 4.69) is 15.7 Å². The molecule has 1 aromatic carbocycles. The Kier molecular flexibility index (Phi) is 5.36.